The van der Waals surface area contributed by atoms with Crippen LogP contribution in [0.25, 0.3) is 11.0 Å². The van der Waals surface area contributed by atoms with Crippen molar-refractivity contribution >= 4 is 22.6 Å². The normalized spacial score (nSPS) is 11.0. The van der Waals surface area contributed by atoms with Gasteiger partial charge in [-0.3, -0.25) is 4.79 Å². The van der Waals surface area contributed by atoms with Gasteiger partial charge in [0.1, 0.15) is 11.3 Å². The third kappa shape index (κ3) is 3.87. The fourth-order valence-corrected chi connectivity index (χ4v) is 3.47. The smallest absolute Gasteiger partial charge is 0.251 e. The van der Waals surface area contributed by atoms with E-state index in [9.17, 15) is 4.79 Å². The Kier molecular flexibility index (Phi) is 5.99. The van der Waals surface area contributed by atoms with Crippen molar-refractivity contribution in [2.24, 2.45) is 7.05 Å². The highest BCUT2D eigenvalue weighted by atomic mass is 16.3. The Hall–Kier alpha value is -2.86. The first-order valence-electron chi connectivity index (χ1n) is 9.63. The number of fused-ring (bicyclic) bond motifs is 1. The van der Waals surface area contributed by atoms with Crippen LogP contribution in [-0.4, -0.2) is 33.7 Å². The van der Waals surface area contributed by atoms with Crippen molar-refractivity contribution in [1.82, 2.24) is 14.9 Å². The van der Waals surface area contributed by atoms with Crippen molar-refractivity contribution < 1.29 is 9.90 Å². The summed E-state index contributed by atoms with van der Waals surface area (Å²) in [4.78, 5) is 17.1. The predicted octanol–water partition coefficient (Wildman–Crippen LogP) is 3.09. The van der Waals surface area contributed by atoms with Gasteiger partial charge in [-0.05, 0) is 49.1 Å². The number of amides is 1. The van der Waals surface area contributed by atoms with E-state index in [-0.39, 0.29) is 19.1 Å². The molecule has 0 spiro atoms. The second-order valence-electron chi connectivity index (χ2n) is 7.01. The van der Waals surface area contributed by atoms with E-state index in [0.717, 1.165) is 29.0 Å². The molecular weight excluding hydrogens is 352 g/mol. The molecule has 0 atom stereocenters. The Balaban J connectivity index is 2.00. The van der Waals surface area contributed by atoms with Crippen LogP contribution in [0.15, 0.2) is 30.3 Å². The molecule has 6 nitrogen and oxygen atoms in total. The van der Waals surface area contributed by atoms with E-state index in [1.807, 2.05) is 30.7 Å². The van der Waals surface area contributed by atoms with Gasteiger partial charge in [0.25, 0.3) is 5.91 Å². The number of carbonyl (C=O) groups is 1. The van der Waals surface area contributed by atoms with Crippen LogP contribution in [0, 0.1) is 13.8 Å². The summed E-state index contributed by atoms with van der Waals surface area (Å²) in [7, 11) is 1.94. The highest BCUT2D eigenvalue weighted by molar-refractivity contribution is 6.01. The van der Waals surface area contributed by atoms with Crippen molar-refractivity contribution in [1.29, 1.82) is 0 Å². The molecule has 1 heterocycles. The fraction of sp³-hybridized carbons (Fsp3) is 0.364. The first kappa shape index (κ1) is 19.9. The molecule has 3 rings (SSSR count). The van der Waals surface area contributed by atoms with Crippen LogP contribution in [-0.2, 0) is 20.0 Å². The number of aliphatic hydroxyl groups is 1. The predicted molar refractivity (Wildman–Crippen MR) is 113 cm³/mol. The Bertz CT molecular complexity index is 1010. The zero-order valence-electron chi connectivity index (χ0n) is 17.0. The quantitative estimate of drug-likeness (QED) is 0.589. The first-order chi connectivity index (χ1) is 13.5. The Morgan fingerprint density at radius 2 is 2.04 bits per heavy atom. The zero-order chi connectivity index (χ0) is 20.3. The summed E-state index contributed by atoms with van der Waals surface area (Å²) in [5.41, 5.74) is 6.98. The van der Waals surface area contributed by atoms with E-state index >= 15 is 0 Å². The van der Waals surface area contributed by atoms with E-state index in [1.54, 1.807) is 0 Å². The number of anilines is 1. The topological polar surface area (TPSA) is 79.2 Å². The van der Waals surface area contributed by atoms with Gasteiger partial charge in [-0.15, -0.1) is 0 Å². The number of nitrogens with one attached hydrogen (secondary N) is 2. The number of imidazole rings is 1. The summed E-state index contributed by atoms with van der Waals surface area (Å²) >= 11 is 0. The molecule has 148 valence electrons. The number of carbonyl (C=O) groups excluding carboxylic acids is 1. The Labute approximate surface area is 165 Å². The van der Waals surface area contributed by atoms with Gasteiger partial charge in [0.05, 0.1) is 17.8 Å². The molecule has 0 bridgehead atoms. The average Bonchev–Trinajstić information content (AvgIpc) is 2.99. The third-order valence-corrected chi connectivity index (χ3v) is 5.21. The van der Waals surface area contributed by atoms with Crippen molar-refractivity contribution in [2.75, 3.05) is 18.5 Å². The van der Waals surface area contributed by atoms with Crippen LogP contribution in [0.4, 0.5) is 5.69 Å². The third-order valence-electron chi connectivity index (χ3n) is 5.21. The number of rotatable bonds is 7. The Morgan fingerprint density at radius 3 is 2.75 bits per heavy atom. The molecule has 1 amide bonds. The number of aryl methyl sites for hydroxylation is 4. The molecule has 3 N–H and O–H groups in total. The average molecular weight is 380 g/mol. The fourth-order valence-electron chi connectivity index (χ4n) is 3.47. The highest BCUT2D eigenvalue weighted by Gasteiger charge is 2.15. The monoisotopic (exact) mass is 380 g/mol. The minimum absolute atomic E-state index is 0.0863. The van der Waals surface area contributed by atoms with Gasteiger partial charge in [0, 0.05) is 25.7 Å². The maximum absolute atomic E-state index is 12.5. The molecule has 3 aromatic rings. The van der Waals surface area contributed by atoms with Gasteiger partial charge < -0.3 is 20.3 Å². The molecular formula is C22H28N4O2. The number of nitrogens with zero attached hydrogens (tertiary/aromatic N) is 2. The van der Waals surface area contributed by atoms with Gasteiger partial charge in [0.2, 0.25) is 0 Å². The minimum atomic E-state index is -0.206. The van der Waals surface area contributed by atoms with E-state index in [4.69, 9.17) is 5.11 Å². The van der Waals surface area contributed by atoms with Gasteiger partial charge in [-0.1, -0.05) is 25.1 Å². The van der Waals surface area contributed by atoms with Crippen LogP contribution in [0.3, 0.4) is 0 Å². The number of benzene rings is 2. The van der Waals surface area contributed by atoms with Crippen molar-refractivity contribution in [3.05, 3.63) is 58.4 Å². The molecule has 0 fully saturated rings. The molecule has 0 unspecified atom stereocenters. The summed E-state index contributed by atoms with van der Waals surface area (Å²) in [6, 6.07) is 10.0. The minimum Gasteiger partial charge on any atom is -0.395 e. The van der Waals surface area contributed by atoms with Crippen LogP contribution in [0.2, 0.25) is 0 Å². The summed E-state index contributed by atoms with van der Waals surface area (Å²) < 4.78 is 1.98. The van der Waals surface area contributed by atoms with Crippen LogP contribution in [0.1, 0.15) is 39.8 Å². The van der Waals surface area contributed by atoms with Crippen LogP contribution < -0.4 is 10.6 Å². The number of aliphatic hydroxyl groups excluding tert-OH is 1. The molecule has 6 heteroatoms. The highest BCUT2D eigenvalue weighted by Crippen LogP contribution is 2.27. The van der Waals surface area contributed by atoms with Crippen molar-refractivity contribution in [3.63, 3.8) is 0 Å². The summed E-state index contributed by atoms with van der Waals surface area (Å²) in [6.45, 7) is 7.04. The standard InChI is InChI=1S/C22H28N4O2/c1-5-16-8-6-7-14(2)18(16)13-24-19-11-17(22(28)23-9-10-27)12-20-21(19)25-15(3)26(20)4/h6-8,11-12,24,27H,5,9-10,13H2,1-4H3,(H,23,28). The maximum atomic E-state index is 12.5. The number of aromatic nitrogens is 2. The lowest BCUT2D eigenvalue weighted by Crippen LogP contribution is -2.26. The second-order valence-corrected chi connectivity index (χ2v) is 7.01. The van der Waals surface area contributed by atoms with E-state index < -0.39 is 0 Å². The van der Waals surface area contributed by atoms with E-state index in [2.05, 4.69) is 47.7 Å². The largest absolute Gasteiger partial charge is 0.395 e. The van der Waals surface area contributed by atoms with Crippen LogP contribution >= 0.6 is 0 Å². The van der Waals surface area contributed by atoms with Crippen molar-refractivity contribution in [2.45, 2.75) is 33.7 Å². The number of hydrogen-bond donors (Lipinski definition) is 3. The molecule has 0 aliphatic carbocycles. The lowest BCUT2D eigenvalue weighted by Gasteiger charge is -2.15. The summed E-state index contributed by atoms with van der Waals surface area (Å²) in [5, 5.41) is 15.2. The molecule has 0 saturated carbocycles. The van der Waals surface area contributed by atoms with E-state index in [0.29, 0.717) is 12.1 Å². The molecule has 0 radical (unpaired) electrons. The number of hydrogen-bond acceptors (Lipinski definition) is 4. The van der Waals surface area contributed by atoms with Gasteiger partial charge in [-0.2, -0.15) is 0 Å². The van der Waals surface area contributed by atoms with Gasteiger partial charge in [-0.25, -0.2) is 4.98 Å². The SMILES string of the molecule is CCc1cccc(C)c1CNc1cc(C(=O)NCCO)cc2c1nc(C)n2C. The maximum Gasteiger partial charge on any atom is 0.251 e. The molecule has 0 saturated heterocycles. The molecule has 0 aliphatic heterocycles. The first-order valence-corrected chi connectivity index (χ1v) is 9.63. The second kappa shape index (κ2) is 8.44. The lowest BCUT2D eigenvalue weighted by molar-refractivity contribution is 0.0945. The van der Waals surface area contributed by atoms with Gasteiger partial charge >= 0.3 is 0 Å². The zero-order valence-corrected chi connectivity index (χ0v) is 17.0. The Morgan fingerprint density at radius 1 is 1.25 bits per heavy atom. The summed E-state index contributed by atoms with van der Waals surface area (Å²) in [5.74, 6) is 0.680. The molecule has 28 heavy (non-hydrogen) atoms. The van der Waals surface area contributed by atoms with Crippen molar-refractivity contribution in [3.8, 4) is 0 Å². The molecule has 2 aromatic carbocycles. The molecule has 0 aliphatic rings. The molecule has 1 aromatic heterocycles. The van der Waals surface area contributed by atoms with Gasteiger partial charge in [0.15, 0.2) is 0 Å². The van der Waals surface area contributed by atoms with E-state index in [1.165, 1.54) is 16.7 Å². The summed E-state index contributed by atoms with van der Waals surface area (Å²) in [6.07, 6.45) is 0.973. The lowest BCUT2D eigenvalue weighted by atomic mass is 10.00. The van der Waals surface area contributed by atoms with Crippen LogP contribution in [0.5, 0.6) is 0 Å².